The molecule has 0 aliphatic rings. The van der Waals surface area contributed by atoms with Gasteiger partial charge in [-0.05, 0) is 18.9 Å². The molecule has 0 heterocycles. The molecule has 22 heavy (non-hydrogen) atoms. The van der Waals surface area contributed by atoms with Crippen molar-refractivity contribution in [3.05, 3.63) is 35.9 Å². The number of rotatable bonds is 7. The summed E-state index contributed by atoms with van der Waals surface area (Å²) in [4.78, 5) is 25.3. The third-order valence-corrected chi connectivity index (χ3v) is 3.64. The Morgan fingerprint density at radius 1 is 1.32 bits per heavy atom. The van der Waals surface area contributed by atoms with Crippen molar-refractivity contribution in [2.75, 3.05) is 6.54 Å². The summed E-state index contributed by atoms with van der Waals surface area (Å²) in [5.74, 6) is -0.291. The summed E-state index contributed by atoms with van der Waals surface area (Å²) < 4.78 is 0. The van der Waals surface area contributed by atoms with Crippen LogP contribution in [-0.2, 0) is 16.1 Å². The van der Waals surface area contributed by atoms with Crippen molar-refractivity contribution in [1.82, 2.24) is 10.2 Å². The van der Waals surface area contributed by atoms with Crippen molar-refractivity contribution in [3.63, 3.8) is 0 Å². The zero-order valence-corrected chi connectivity index (χ0v) is 13.4. The highest BCUT2D eigenvalue weighted by atomic mass is 16.2. The van der Waals surface area contributed by atoms with Crippen molar-refractivity contribution in [2.24, 2.45) is 0 Å². The molecule has 0 spiro atoms. The maximum absolute atomic E-state index is 12.0. The monoisotopic (exact) mass is 301 g/mol. The highest BCUT2D eigenvalue weighted by Crippen LogP contribution is 2.09. The third-order valence-electron chi connectivity index (χ3n) is 3.64. The second-order valence-electron chi connectivity index (χ2n) is 5.52. The summed E-state index contributed by atoms with van der Waals surface area (Å²) in [5, 5.41) is 11.8. The van der Waals surface area contributed by atoms with Gasteiger partial charge in [0.15, 0.2) is 0 Å². The molecule has 0 unspecified atom stereocenters. The highest BCUT2D eigenvalue weighted by molar-refractivity contribution is 5.79. The minimum Gasteiger partial charge on any atom is -0.338 e. The second kappa shape index (κ2) is 8.18. The van der Waals surface area contributed by atoms with Gasteiger partial charge >= 0.3 is 0 Å². The van der Waals surface area contributed by atoms with Gasteiger partial charge in [-0.25, -0.2) is 0 Å². The first kappa shape index (κ1) is 17.7. The normalized spacial score (nSPS) is 12.8. The zero-order chi connectivity index (χ0) is 16.6. The van der Waals surface area contributed by atoms with E-state index in [4.69, 9.17) is 5.26 Å². The molecular formula is C17H23N3O2. The smallest absolute Gasteiger partial charge is 0.223 e. The molecule has 2 amide bonds. The number of nitrogens with one attached hydrogen (secondary N) is 1. The summed E-state index contributed by atoms with van der Waals surface area (Å²) in [7, 11) is 0. The van der Waals surface area contributed by atoms with Gasteiger partial charge in [-0.1, -0.05) is 37.3 Å². The predicted molar refractivity (Wildman–Crippen MR) is 84.6 cm³/mol. The topological polar surface area (TPSA) is 73.2 Å². The third kappa shape index (κ3) is 5.57. The van der Waals surface area contributed by atoms with Crippen molar-refractivity contribution in [1.29, 1.82) is 5.26 Å². The Morgan fingerprint density at radius 2 is 1.95 bits per heavy atom. The quantitative estimate of drug-likeness (QED) is 0.839. The highest BCUT2D eigenvalue weighted by Gasteiger charge is 2.23. The summed E-state index contributed by atoms with van der Waals surface area (Å²) >= 11 is 0. The fraction of sp³-hybridized carbons (Fsp3) is 0.471. The number of hydrogen-bond donors (Lipinski definition) is 1. The van der Waals surface area contributed by atoms with Gasteiger partial charge in [0, 0.05) is 26.4 Å². The first-order valence-corrected chi connectivity index (χ1v) is 7.42. The Morgan fingerprint density at radius 3 is 2.45 bits per heavy atom. The fourth-order valence-corrected chi connectivity index (χ4v) is 1.95. The summed E-state index contributed by atoms with van der Waals surface area (Å²) in [6.07, 6.45) is 0.722. The van der Waals surface area contributed by atoms with Crippen LogP contribution in [0.1, 0.15) is 39.2 Å². The molecule has 0 aliphatic carbocycles. The summed E-state index contributed by atoms with van der Waals surface area (Å²) in [6, 6.07) is 11.7. The lowest BCUT2D eigenvalue weighted by Crippen LogP contribution is -2.45. The molecule has 1 N–H and O–H groups in total. The molecule has 0 bridgehead atoms. The van der Waals surface area contributed by atoms with E-state index in [1.165, 1.54) is 6.92 Å². The molecule has 0 saturated carbocycles. The molecule has 5 heteroatoms. The Kier molecular flexibility index (Phi) is 6.58. The number of nitriles is 1. The molecule has 0 saturated heterocycles. The van der Waals surface area contributed by atoms with Crippen LogP contribution in [0.5, 0.6) is 0 Å². The van der Waals surface area contributed by atoms with Crippen molar-refractivity contribution in [2.45, 2.75) is 45.7 Å². The molecule has 1 aromatic rings. The SMILES string of the molecule is CC[C@](C)(C#N)NC(=O)CCN(Cc1ccccc1)C(C)=O. The van der Waals surface area contributed by atoms with E-state index in [1.807, 2.05) is 37.3 Å². The maximum atomic E-state index is 12.0. The molecule has 118 valence electrons. The lowest BCUT2D eigenvalue weighted by molar-refractivity contribution is -0.130. The van der Waals surface area contributed by atoms with Crippen LogP contribution in [0, 0.1) is 11.3 Å². The van der Waals surface area contributed by atoms with Crippen LogP contribution in [-0.4, -0.2) is 28.8 Å². The van der Waals surface area contributed by atoms with E-state index < -0.39 is 5.54 Å². The number of benzene rings is 1. The Hall–Kier alpha value is -2.35. The van der Waals surface area contributed by atoms with E-state index in [0.29, 0.717) is 19.5 Å². The molecule has 0 radical (unpaired) electrons. The number of hydrogen-bond acceptors (Lipinski definition) is 3. The van der Waals surface area contributed by atoms with Crippen LogP contribution in [0.3, 0.4) is 0 Å². The number of amides is 2. The minimum atomic E-state index is -0.850. The average molecular weight is 301 g/mol. The van der Waals surface area contributed by atoms with Crippen LogP contribution in [0.15, 0.2) is 30.3 Å². The number of carbonyl (C=O) groups excluding carboxylic acids is 2. The first-order chi connectivity index (χ1) is 10.4. The molecule has 0 aliphatic heterocycles. The van der Waals surface area contributed by atoms with Crippen LogP contribution in [0.4, 0.5) is 0 Å². The number of carbonyl (C=O) groups is 2. The van der Waals surface area contributed by atoms with E-state index >= 15 is 0 Å². The zero-order valence-electron chi connectivity index (χ0n) is 13.4. The predicted octanol–water partition coefficient (Wildman–Crippen LogP) is 2.23. The van der Waals surface area contributed by atoms with Gasteiger partial charge in [0.1, 0.15) is 5.54 Å². The minimum absolute atomic E-state index is 0.0739. The van der Waals surface area contributed by atoms with Gasteiger partial charge in [0.05, 0.1) is 6.07 Å². The summed E-state index contributed by atoms with van der Waals surface area (Å²) in [6.45, 7) is 5.85. The lowest BCUT2D eigenvalue weighted by Gasteiger charge is -2.24. The van der Waals surface area contributed by atoms with Crippen molar-refractivity contribution in [3.8, 4) is 6.07 Å². The largest absolute Gasteiger partial charge is 0.338 e. The standard InChI is InChI=1S/C17H23N3O2/c1-4-17(3,13-18)19-16(22)10-11-20(14(2)21)12-15-8-6-5-7-9-15/h5-9H,4,10-12H2,1-3H3,(H,19,22)/t17-/m1/s1. The van der Waals surface area contributed by atoms with Gasteiger partial charge in [-0.3, -0.25) is 9.59 Å². The van der Waals surface area contributed by atoms with Gasteiger partial charge in [0.25, 0.3) is 0 Å². The molecule has 0 aromatic heterocycles. The van der Waals surface area contributed by atoms with Gasteiger partial charge in [-0.2, -0.15) is 5.26 Å². The maximum Gasteiger partial charge on any atom is 0.223 e. The Bertz CT molecular complexity index is 551. The van der Waals surface area contributed by atoms with Gasteiger partial charge < -0.3 is 10.2 Å². The molecule has 1 rings (SSSR count). The van der Waals surface area contributed by atoms with Crippen LogP contribution < -0.4 is 5.32 Å². The fourth-order valence-electron chi connectivity index (χ4n) is 1.95. The van der Waals surface area contributed by atoms with E-state index in [9.17, 15) is 9.59 Å². The Balaban J connectivity index is 2.57. The van der Waals surface area contributed by atoms with E-state index in [-0.39, 0.29) is 18.2 Å². The van der Waals surface area contributed by atoms with Crippen LogP contribution in [0.25, 0.3) is 0 Å². The van der Waals surface area contributed by atoms with Crippen molar-refractivity contribution >= 4 is 11.8 Å². The molecule has 0 fully saturated rings. The second-order valence-corrected chi connectivity index (χ2v) is 5.52. The lowest BCUT2D eigenvalue weighted by atomic mass is 10.0. The Labute approximate surface area is 131 Å². The molecule has 1 atom stereocenters. The molecule has 5 nitrogen and oxygen atoms in total. The average Bonchev–Trinajstić information content (AvgIpc) is 2.52. The van der Waals surface area contributed by atoms with E-state index in [1.54, 1.807) is 11.8 Å². The number of nitrogens with zero attached hydrogens (tertiary/aromatic N) is 2. The van der Waals surface area contributed by atoms with Gasteiger partial charge in [0.2, 0.25) is 11.8 Å². The van der Waals surface area contributed by atoms with Crippen LogP contribution >= 0.6 is 0 Å². The van der Waals surface area contributed by atoms with E-state index in [2.05, 4.69) is 11.4 Å². The molecular weight excluding hydrogens is 278 g/mol. The summed E-state index contributed by atoms with van der Waals surface area (Å²) in [5.41, 5.74) is 0.172. The van der Waals surface area contributed by atoms with E-state index in [0.717, 1.165) is 5.56 Å². The van der Waals surface area contributed by atoms with Gasteiger partial charge in [-0.15, -0.1) is 0 Å². The van der Waals surface area contributed by atoms with Crippen molar-refractivity contribution < 1.29 is 9.59 Å². The van der Waals surface area contributed by atoms with Crippen LogP contribution in [0.2, 0.25) is 0 Å². The first-order valence-electron chi connectivity index (χ1n) is 7.42. The molecule has 1 aromatic carbocycles.